The number of halogens is 6. The number of nitrogens with zero attached hydrogens (tertiary/aromatic N) is 4. The Bertz CT molecular complexity index is 908. The van der Waals surface area contributed by atoms with Gasteiger partial charge in [0.25, 0.3) is 0 Å². The first kappa shape index (κ1) is 16.7. The van der Waals surface area contributed by atoms with Gasteiger partial charge in [-0.15, -0.1) is 5.10 Å². The van der Waals surface area contributed by atoms with E-state index in [2.05, 4.69) is 15.3 Å². The highest BCUT2D eigenvalue weighted by atomic mass is 35.5. The van der Waals surface area contributed by atoms with Crippen LogP contribution in [0.2, 0.25) is 10.0 Å². The lowest BCUT2D eigenvalue weighted by Gasteiger charge is -2.12. The van der Waals surface area contributed by atoms with Crippen LogP contribution in [0.1, 0.15) is 5.69 Å². The van der Waals surface area contributed by atoms with Gasteiger partial charge >= 0.3 is 6.18 Å². The summed E-state index contributed by atoms with van der Waals surface area (Å²) in [7, 11) is 0. The molecule has 0 spiro atoms. The lowest BCUT2D eigenvalue weighted by molar-refractivity contribution is -0.141. The first-order valence-corrected chi connectivity index (χ1v) is 7.12. The minimum absolute atomic E-state index is 0.00741. The van der Waals surface area contributed by atoms with Gasteiger partial charge in [-0.25, -0.2) is 9.07 Å². The number of hydrogen-bond donors (Lipinski definition) is 0. The van der Waals surface area contributed by atoms with E-state index in [1.807, 2.05) is 0 Å². The van der Waals surface area contributed by atoms with Crippen molar-refractivity contribution in [1.29, 1.82) is 0 Å². The van der Waals surface area contributed by atoms with Gasteiger partial charge in [-0.3, -0.25) is 4.98 Å². The third-order valence-electron chi connectivity index (χ3n) is 3.15. The average molecular weight is 377 g/mol. The molecule has 2 aromatic heterocycles. The molecule has 1 aromatic carbocycles. The summed E-state index contributed by atoms with van der Waals surface area (Å²) >= 11 is 11.8. The van der Waals surface area contributed by atoms with E-state index in [4.69, 9.17) is 23.2 Å². The quantitative estimate of drug-likeness (QED) is 0.603. The molecule has 124 valence electrons. The standard InChI is InChI=1S/C14H6Cl2F4N4/c15-8-1-2-10(24-6-11(22-23-24)14(18,19)20)12(13(8)17)7-3-4-21-5-9(7)16/h1-6H. The number of hydrogen-bond acceptors (Lipinski definition) is 3. The maximum Gasteiger partial charge on any atom is 0.436 e. The van der Waals surface area contributed by atoms with Gasteiger partial charge in [-0.2, -0.15) is 13.2 Å². The monoisotopic (exact) mass is 376 g/mol. The topological polar surface area (TPSA) is 43.6 Å². The summed E-state index contributed by atoms with van der Waals surface area (Å²) < 4.78 is 53.5. The SMILES string of the molecule is Fc1c(Cl)ccc(-n2cc(C(F)(F)F)nn2)c1-c1ccncc1Cl. The average Bonchev–Trinajstić information content (AvgIpc) is 3.01. The molecule has 2 heterocycles. The lowest BCUT2D eigenvalue weighted by atomic mass is 10.0. The first-order valence-electron chi connectivity index (χ1n) is 6.37. The predicted octanol–water partition coefficient (Wildman–Crippen LogP) is 4.79. The van der Waals surface area contributed by atoms with Gasteiger partial charge in [0.2, 0.25) is 0 Å². The van der Waals surface area contributed by atoms with Crippen molar-refractivity contribution in [2.24, 2.45) is 0 Å². The molecule has 0 N–H and O–H groups in total. The number of rotatable bonds is 2. The maximum absolute atomic E-state index is 14.6. The van der Waals surface area contributed by atoms with Crippen molar-refractivity contribution in [1.82, 2.24) is 20.0 Å². The van der Waals surface area contributed by atoms with E-state index in [0.717, 1.165) is 4.68 Å². The van der Waals surface area contributed by atoms with Crippen molar-refractivity contribution in [2.45, 2.75) is 6.18 Å². The second-order valence-electron chi connectivity index (χ2n) is 4.66. The fourth-order valence-corrected chi connectivity index (χ4v) is 2.45. The molecular formula is C14H6Cl2F4N4. The first-order chi connectivity index (χ1) is 11.3. The molecule has 0 bridgehead atoms. The molecule has 0 aliphatic rings. The van der Waals surface area contributed by atoms with E-state index in [1.54, 1.807) is 0 Å². The molecule has 10 heteroatoms. The minimum atomic E-state index is -4.67. The maximum atomic E-state index is 14.6. The van der Waals surface area contributed by atoms with Crippen LogP contribution in [0.5, 0.6) is 0 Å². The molecule has 0 aliphatic heterocycles. The summed E-state index contributed by atoms with van der Waals surface area (Å²) in [5, 5.41) is 6.38. The smallest absolute Gasteiger partial charge is 0.263 e. The van der Waals surface area contributed by atoms with Crippen LogP contribution in [-0.2, 0) is 6.18 Å². The molecule has 0 atom stereocenters. The molecule has 3 aromatic rings. The van der Waals surface area contributed by atoms with E-state index >= 15 is 0 Å². The Morgan fingerprint density at radius 2 is 1.79 bits per heavy atom. The van der Waals surface area contributed by atoms with Crippen LogP contribution >= 0.6 is 23.2 Å². The molecule has 4 nitrogen and oxygen atoms in total. The van der Waals surface area contributed by atoms with Crippen LogP contribution in [0.4, 0.5) is 17.6 Å². The van der Waals surface area contributed by atoms with Crippen LogP contribution < -0.4 is 0 Å². The number of aromatic nitrogens is 4. The molecule has 3 rings (SSSR count). The van der Waals surface area contributed by atoms with Crippen LogP contribution in [0.3, 0.4) is 0 Å². The van der Waals surface area contributed by atoms with Gasteiger partial charge in [-0.05, 0) is 18.2 Å². The third kappa shape index (κ3) is 2.94. The summed E-state index contributed by atoms with van der Waals surface area (Å²) in [5.41, 5.74) is -1.09. The number of pyridine rings is 1. The zero-order valence-corrected chi connectivity index (χ0v) is 13.0. The van der Waals surface area contributed by atoms with Crippen molar-refractivity contribution < 1.29 is 17.6 Å². The van der Waals surface area contributed by atoms with Crippen LogP contribution in [0, 0.1) is 5.82 Å². The molecule has 0 aliphatic carbocycles. The van der Waals surface area contributed by atoms with E-state index in [9.17, 15) is 17.6 Å². The fourth-order valence-electron chi connectivity index (χ4n) is 2.08. The van der Waals surface area contributed by atoms with E-state index in [-0.39, 0.29) is 26.9 Å². The van der Waals surface area contributed by atoms with Crippen molar-refractivity contribution in [3.8, 4) is 16.8 Å². The Morgan fingerprint density at radius 3 is 2.42 bits per heavy atom. The molecule has 0 radical (unpaired) electrons. The van der Waals surface area contributed by atoms with Gasteiger partial charge in [0.1, 0.15) is 0 Å². The molecule has 0 unspecified atom stereocenters. The second kappa shape index (κ2) is 6.03. The predicted molar refractivity (Wildman–Crippen MR) is 79.6 cm³/mol. The van der Waals surface area contributed by atoms with Crippen LogP contribution in [-0.4, -0.2) is 20.0 Å². The Kier molecular flexibility index (Phi) is 4.18. The van der Waals surface area contributed by atoms with E-state index in [1.165, 1.54) is 30.6 Å². The second-order valence-corrected chi connectivity index (χ2v) is 5.47. The summed E-state index contributed by atoms with van der Waals surface area (Å²) in [6, 6.07) is 3.95. The Balaban J connectivity index is 2.25. The molecule has 24 heavy (non-hydrogen) atoms. The Morgan fingerprint density at radius 1 is 1.04 bits per heavy atom. The van der Waals surface area contributed by atoms with E-state index < -0.39 is 17.7 Å². The molecule has 0 amide bonds. The Hall–Kier alpha value is -2.19. The zero-order chi connectivity index (χ0) is 17.5. The third-order valence-corrected chi connectivity index (χ3v) is 3.74. The molecule has 0 saturated carbocycles. The van der Waals surface area contributed by atoms with E-state index in [0.29, 0.717) is 6.20 Å². The van der Waals surface area contributed by atoms with Crippen molar-refractivity contribution in [3.63, 3.8) is 0 Å². The fraction of sp³-hybridized carbons (Fsp3) is 0.0714. The van der Waals surface area contributed by atoms with Gasteiger partial charge in [0, 0.05) is 23.5 Å². The van der Waals surface area contributed by atoms with Gasteiger partial charge < -0.3 is 0 Å². The van der Waals surface area contributed by atoms with Crippen molar-refractivity contribution in [3.05, 3.63) is 58.3 Å². The Labute approximate surface area is 142 Å². The van der Waals surface area contributed by atoms with Crippen LogP contribution in [0.25, 0.3) is 16.8 Å². The summed E-state index contributed by atoms with van der Waals surface area (Å²) in [6.45, 7) is 0. The van der Waals surface area contributed by atoms with Crippen LogP contribution in [0.15, 0.2) is 36.8 Å². The lowest BCUT2D eigenvalue weighted by Crippen LogP contribution is -2.05. The molecule has 0 fully saturated rings. The minimum Gasteiger partial charge on any atom is -0.263 e. The summed E-state index contributed by atoms with van der Waals surface area (Å²) in [6.07, 6.45) is -1.36. The van der Waals surface area contributed by atoms with Gasteiger partial charge in [0.15, 0.2) is 11.5 Å². The van der Waals surface area contributed by atoms with Gasteiger partial charge in [-0.1, -0.05) is 28.4 Å². The highest BCUT2D eigenvalue weighted by Gasteiger charge is 2.35. The van der Waals surface area contributed by atoms with Crippen molar-refractivity contribution in [2.75, 3.05) is 0 Å². The summed E-state index contributed by atoms with van der Waals surface area (Å²) in [5.74, 6) is -0.841. The zero-order valence-electron chi connectivity index (χ0n) is 11.5. The molecule has 0 saturated heterocycles. The largest absolute Gasteiger partial charge is 0.436 e. The number of benzene rings is 1. The van der Waals surface area contributed by atoms with Crippen molar-refractivity contribution >= 4 is 23.2 Å². The number of alkyl halides is 3. The highest BCUT2D eigenvalue weighted by molar-refractivity contribution is 6.34. The van der Waals surface area contributed by atoms with Gasteiger partial charge in [0.05, 0.1) is 21.9 Å². The highest BCUT2D eigenvalue weighted by Crippen LogP contribution is 2.37. The summed E-state index contributed by atoms with van der Waals surface area (Å²) in [4.78, 5) is 3.79. The molecular weight excluding hydrogens is 371 g/mol. The normalized spacial score (nSPS) is 11.8.